The molecule has 1 aromatic heterocycles. The Morgan fingerprint density at radius 3 is 2.41 bits per heavy atom. The van der Waals surface area contributed by atoms with E-state index in [1.807, 2.05) is 0 Å². The SMILES string of the molecule is CNc1ccc(NC(=O)COc2cc(C(F)(F)F)nn2-c2ccccc2Cl)cc1. The molecule has 0 fully saturated rings. The first-order valence-corrected chi connectivity index (χ1v) is 8.78. The molecule has 0 aliphatic rings. The average molecular weight is 425 g/mol. The molecular weight excluding hydrogens is 409 g/mol. The van der Waals surface area contributed by atoms with Crippen LogP contribution >= 0.6 is 11.6 Å². The van der Waals surface area contributed by atoms with Crippen LogP contribution in [0.4, 0.5) is 24.5 Å². The summed E-state index contributed by atoms with van der Waals surface area (Å²) in [6, 6.07) is 13.8. The van der Waals surface area contributed by atoms with Gasteiger partial charge in [-0.15, -0.1) is 0 Å². The lowest BCUT2D eigenvalue weighted by atomic mass is 10.3. The second-order valence-corrected chi connectivity index (χ2v) is 6.30. The maximum Gasteiger partial charge on any atom is 0.435 e. The predicted octanol–water partition coefficient (Wildman–Crippen LogP) is 4.60. The fourth-order valence-electron chi connectivity index (χ4n) is 2.46. The second kappa shape index (κ2) is 8.44. The van der Waals surface area contributed by atoms with E-state index in [0.717, 1.165) is 16.4 Å². The Kier molecular flexibility index (Phi) is 5.97. The summed E-state index contributed by atoms with van der Waals surface area (Å²) in [5.74, 6) is -0.797. The first-order valence-electron chi connectivity index (χ1n) is 8.40. The zero-order chi connectivity index (χ0) is 21.0. The van der Waals surface area contributed by atoms with E-state index in [2.05, 4.69) is 15.7 Å². The van der Waals surface area contributed by atoms with Gasteiger partial charge in [0.15, 0.2) is 12.3 Å². The summed E-state index contributed by atoms with van der Waals surface area (Å²) in [5.41, 5.74) is 0.425. The fraction of sp³-hybridized carbons (Fsp3) is 0.158. The zero-order valence-electron chi connectivity index (χ0n) is 15.1. The van der Waals surface area contributed by atoms with Crippen LogP contribution in [0, 0.1) is 0 Å². The van der Waals surface area contributed by atoms with E-state index in [1.54, 1.807) is 43.4 Å². The number of carbonyl (C=O) groups is 1. The van der Waals surface area contributed by atoms with Crippen molar-refractivity contribution >= 4 is 28.9 Å². The monoisotopic (exact) mass is 424 g/mol. The Hall–Kier alpha value is -3.20. The van der Waals surface area contributed by atoms with Crippen LogP contribution in [0.3, 0.4) is 0 Å². The van der Waals surface area contributed by atoms with Gasteiger partial charge in [-0.3, -0.25) is 4.79 Å². The Labute approximate surface area is 169 Å². The number of benzene rings is 2. The minimum absolute atomic E-state index is 0.184. The highest BCUT2D eigenvalue weighted by Crippen LogP contribution is 2.33. The molecule has 3 aromatic rings. The molecule has 29 heavy (non-hydrogen) atoms. The molecule has 3 rings (SSSR count). The molecule has 0 unspecified atom stereocenters. The maximum atomic E-state index is 13.1. The minimum Gasteiger partial charge on any atom is -0.467 e. The van der Waals surface area contributed by atoms with Gasteiger partial charge < -0.3 is 15.4 Å². The van der Waals surface area contributed by atoms with Crippen LogP contribution in [-0.4, -0.2) is 29.3 Å². The van der Waals surface area contributed by atoms with Crippen molar-refractivity contribution in [2.45, 2.75) is 6.18 Å². The largest absolute Gasteiger partial charge is 0.467 e. The lowest BCUT2D eigenvalue weighted by Crippen LogP contribution is -2.21. The normalized spacial score (nSPS) is 11.2. The van der Waals surface area contributed by atoms with E-state index in [1.165, 1.54) is 12.1 Å². The van der Waals surface area contributed by atoms with Gasteiger partial charge in [0.2, 0.25) is 5.88 Å². The van der Waals surface area contributed by atoms with Crippen LogP contribution in [0.2, 0.25) is 5.02 Å². The summed E-state index contributed by atoms with van der Waals surface area (Å²) in [4.78, 5) is 12.1. The van der Waals surface area contributed by atoms with E-state index in [-0.39, 0.29) is 16.6 Å². The van der Waals surface area contributed by atoms with Gasteiger partial charge in [0.25, 0.3) is 5.91 Å². The molecule has 152 valence electrons. The number of anilines is 2. The quantitative estimate of drug-likeness (QED) is 0.606. The van der Waals surface area contributed by atoms with Crippen molar-refractivity contribution in [3.63, 3.8) is 0 Å². The van der Waals surface area contributed by atoms with Crippen molar-refractivity contribution in [2.75, 3.05) is 24.3 Å². The standard InChI is InChI=1S/C19H16ClF3N4O2/c1-24-12-6-8-13(9-7-12)25-17(28)11-29-18-10-16(19(21,22)23)26-27(18)15-5-3-2-4-14(15)20/h2-10,24H,11H2,1H3,(H,25,28). The van der Waals surface area contributed by atoms with E-state index < -0.39 is 24.4 Å². The number of nitrogens with zero attached hydrogens (tertiary/aromatic N) is 2. The summed E-state index contributed by atoms with van der Waals surface area (Å²) < 4.78 is 45.5. The highest BCUT2D eigenvalue weighted by atomic mass is 35.5. The Bertz CT molecular complexity index is 1000. The van der Waals surface area contributed by atoms with Crippen LogP contribution in [0.15, 0.2) is 54.6 Å². The third-order valence-electron chi connectivity index (χ3n) is 3.86. The number of nitrogens with one attached hydrogen (secondary N) is 2. The van der Waals surface area contributed by atoms with Gasteiger partial charge in [0.05, 0.1) is 10.7 Å². The number of hydrogen-bond donors (Lipinski definition) is 2. The van der Waals surface area contributed by atoms with E-state index in [0.29, 0.717) is 5.69 Å². The zero-order valence-corrected chi connectivity index (χ0v) is 15.9. The molecule has 0 atom stereocenters. The molecule has 10 heteroatoms. The van der Waals surface area contributed by atoms with Crippen molar-refractivity contribution in [3.8, 4) is 11.6 Å². The van der Waals surface area contributed by atoms with Gasteiger partial charge in [-0.1, -0.05) is 23.7 Å². The third kappa shape index (κ3) is 5.00. The molecule has 0 aliphatic carbocycles. The molecule has 0 aliphatic heterocycles. The van der Waals surface area contributed by atoms with Gasteiger partial charge in [-0.25, -0.2) is 0 Å². The van der Waals surface area contributed by atoms with E-state index >= 15 is 0 Å². The number of amides is 1. The van der Waals surface area contributed by atoms with Crippen molar-refractivity contribution in [2.24, 2.45) is 0 Å². The summed E-state index contributed by atoms with van der Waals surface area (Å²) in [6.45, 7) is -0.513. The highest BCUT2D eigenvalue weighted by Gasteiger charge is 2.36. The number of alkyl halides is 3. The molecule has 1 amide bonds. The van der Waals surface area contributed by atoms with Crippen molar-refractivity contribution < 1.29 is 22.7 Å². The van der Waals surface area contributed by atoms with Gasteiger partial charge in [-0.05, 0) is 36.4 Å². The van der Waals surface area contributed by atoms with Crippen molar-refractivity contribution in [1.82, 2.24) is 9.78 Å². The van der Waals surface area contributed by atoms with Crippen molar-refractivity contribution in [1.29, 1.82) is 0 Å². The lowest BCUT2D eigenvalue weighted by molar-refractivity contribution is -0.141. The Balaban J connectivity index is 1.78. The maximum absolute atomic E-state index is 13.1. The molecule has 0 bridgehead atoms. The molecule has 2 N–H and O–H groups in total. The molecule has 0 saturated heterocycles. The number of para-hydroxylation sites is 1. The predicted molar refractivity (Wildman–Crippen MR) is 104 cm³/mol. The average Bonchev–Trinajstić information content (AvgIpc) is 3.12. The number of halogens is 4. The number of ether oxygens (including phenoxy) is 1. The Morgan fingerprint density at radius 1 is 1.14 bits per heavy atom. The van der Waals surface area contributed by atoms with Crippen LogP contribution in [0.25, 0.3) is 5.69 Å². The van der Waals surface area contributed by atoms with Crippen LogP contribution in [-0.2, 0) is 11.0 Å². The topological polar surface area (TPSA) is 68.2 Å². The number of rotatable bonds is 6. The summed E-state index contributed by atoms with van der Waals surface area (Å²) in [6.07, 6.45) is -4.68. The first kappa shape index (κ1) is 20.5. The van der Waals surface area contributed by atoms with Gasteiger partial charge in [0, 0.05) is 24.5 Å². The molecule has 6 nitrogen and oxygen atoms in total. The highest BCUT2D eigenvalue weighted by molar-refractivity contribution is 6.32. The van der Waals surface area contributed by atoms with E-state index in [9.17, 15) is 18.0 Å². The Morgan fingerprint density at radius 2 is 1.79 bits per heavy atom. The minimum atomic E-state index is -4.68. The summed E-state index contributed by atoms with van der Waals surface area (Å²) in [7, 11) is 1.76. The number of carbonyl (C=O) groups excluding carboxylic acids is 1. The van der Waals surface area contributed by atoms with Crippen molar-refractivity contribution in [3.05, 3.63) is 65.3 Å². The smallest absolute Gasteiger partial charge is 0.435 e. The lowest BCUT2D eigenvalue weighted by Gasteiger charge is -2.11. The molecule has 2 aromatic carbocycles. The summed E-state index contributed by atoms with van der Waals surface area (Å²) >= 11 is 6.07. The number of aromatic nitrogens is 2. The van der Waals surface area contributed by atoms with Gasteiger partial charge >= 0.3 is 6.18 Å². The third-order valence-corrected chi connectivity index (χ3v) is 4.18. The van der Waals surface area contributed by atoms with Crippen LogP contribution in [0.5, 0.6) is 5.88 Å². The molecule has 0 spiro atoms. The van der Waals surface area contributed by atoms with E-state index in [4.69, 9.17) is 16.3 Å². The van der Waals surface area contributed by atoms with Crippen LogP contribution in [0.1, 0.15) is 5.69 Å². The second-order valence-electron chi connectivity index (χ2n) is 5.89. The van der Waals surface area contributed by atoms with Crippen LogP contribution < -0.4 is 15.4 Å². The molecule has 0 radical (unpaired) electrons. The molecular formula is C19H16ClF3N4O2. The van der Waals surface area contributed by atoms with Gasteiger partial charge in [-0.2, -0.15) is 23.0 Å². The fourth-order valence-corrected chi connectivity index (χ4v) is 2.67. The summed E-state index contributed by atoms with van der Waals surface area (Å²) in [5, 5.41) is 9.27. The van der Waals surface area contributed by atoms with Gasteiger partial charge in [0.1, 0.15) is 0 Å². The number of hydrogen-bond acceptors (Lipinski definition) is 4. The molecule has 0 saturated carbocycles. The molecule has 1 heterocycles. The first-order chi connectivity index (χ1) is 13.8.